The summed E-state index contributed by atoms with van der Waals surface area (Å²) in [4.78, 5) is 23.1. The third-order valence-corrected chi connectivity index (χ3v) is 4.07. The predicted molar refractivity (Wildman–Crippen MR) is 62.8 cm³/mol. The highest BCUT2D eigenvalue weighted by Gasteiger charge is 2.48. The second kappa shape index (κ2) is 5.26. The average molecular weight is 256 g/mol. The van der Waals surface area contributed by atoms with Gasteiger partial charge >= 0.3 is 11.9 Å². The van der Waals surface area contributed by atoms with Gasteiger partial charge in [-0.25, -0.2) is 0 Å². The largest absolute Gasteiger partial charge is 0.469 e. The third kappa shape index (κ3) is 2.83. The molecule has 2 unspecified atom stereocenters. The molecule has 1 saturated carbocycles. The minimum atomic E-state index is -0.446. The van der Waals surface area contributed by atoms with Crippen LogP contribution in [0.2, 0.25) is 0 Å². The van der Waals surface area contributed by atoms with E-state index in [2.05, 4.69) is 4.74 Å². The fourth-order valence-electron chi connectivity index (χ4n) is 2.60. The first-order valence-electron chi connectivity index (χ1n) is 6.39. The molecular formula is C13H20O5. The molecule has 0 aromatic heterocycles. The lowest BCUT2D eigenvalue weighted by atomic mass is 9.83. The van der Waals surface area contributed by atoms with Gasteiger partial charge < -0.3 is 14.2 Å². The zero-order valence-corrected chi connectivity index (χ0v) is 10.9. The summed E-state index contributed by atoms with van der Waals surface area (Å²) < 4.78 is 15.2. The van der Waals surface area contributed by atoms with E-state index >= 15 is 0 Å². The van der Waals surface area contributed by atoms with Crippen molar-refractivity contribution in [3.8, 4) is 0 Å². The predicted octanol–water partition coefficient (Wildman–Crippen LogP) is 1.30. The van der Waals surface area contributed by atoms with Crippen LogP contribution in [0.15, 0.2) is 0 Å². The van der Waals surface area contributed by atoms with Gasteiger partial charge in [-0.2, -0.15) is 0 Å². The van der Waals surface area contributed by atoms with E-state index in [-0.39, 0.29) is 29.9 Å². The molecule has 102 valence electrons. The van der Waals surface area contributed by atoms with Crippen LogP contribution in [0.25, 0.3) is 0 Å². The monoisotopic (exact) mass is 256 g/mol. The number of methoxy groups -OCH3 is 2. The molecule has 0 bridgehead atoms. The van der Waals surface area contributed by atoms with Crippen LogP contribution in [-0.4, -0.2) is 38.4 Å². The maximum absolute atomic E-state index is 11.8. The van der Waals surface area contributed by atoms with Crippen LogP contribution in [0.4, 0.5) is 0 Å². The van der Waals surface area contributed by atoms with Crippen molar-refractivity contribution >= 4 is 11.9 Å². The highest BCUT2D eigenvalue weighted by molar-refractivity contribution is 5.80. The molecule has 1 heterocycles. The van der Waals surface area contributed by atoms with Crippen LogP contribution in [0, 0.1) is 11.8 Å². The van der Waals surface area contributed by atoms with Crippen LogP contribution in [0.5, 0.6) is 0 Å². The first-order valence-corrected chi connectivity index (χ1v) is 6.39. The van der Waals surface area contributed by atoms with Crippen molar-refractivity contribution in [1.82, 2.24) is 0 Å². The number of rotatable bonds is 4. The van der Waals surface area contributed by atoms with E-state index in [1.807, 2.05) is 0 Å². The molecule has 0 aromatic rings. The molecule has 1 saturated heterocycles. The maximum Gasteiger partial charge on any atom is 0.309 e. The first-order chi connectivity index (χ1) is 8.60. The third-order valence-electron chi connectivity index (χ3n) is 4.07. The van der Waals surface area contributed by atoms with Crippen molar-refractivity contribution in [3.05, 3.63) is 0 Å². The molecule has 0 N–H and O–H groups in total. The Morgan fingerprint density at radius 1 is 1.28 bits per heavy atom. The van der Waals surface area contributed by atoms with E-state index < -0.39 is 5.92 Å². The summed E-state index contributed by atoms with van der Waals surface area (Å²) in [5.74, 6) is -1.11. The zero-order chi connectivity index (χ0) is 13.2. The molecule has 0 radical (unpaired) electrons. The maximum atomic E-state index is 11.8. The van der Waals surface area contributed by atoms with Gasteiger partial charge in [0.2, 0.25) is 0 Å². The molecule has 2 atom stereocenters. The van der Waals surface area contributed by atoms with Crippen LogP contribution in [0.1, 0.15) is 32.1 Å². The summed E-state index contributed by atoms with van der Waals surface area (Å²) in [6, 6.07) is 0. The van der Waals surface area contributed by atoms with E-state index in [4.69, 9.17) is 9.47 Å². The SMILES string of the molecule is COC(=O)CC(C(=O)OC)C1CCC2(CC2)OC1. The average Bonchev–Trinajstić information content (AvgIpc) is 3.15. The van der Waals surface area contributed by atoms with Crippen LogP contribution >= 0.6 is 0 Å². The lowest BCUT2D eigenvalue weighted by molar-refractivity contribution is -0.157. The Balaban J connectivity index is 1.95. The number of hydrogen-bond donors (Lipinski definition) is 0. The molecule has 0 amide bonds. The van der Waals surface area contributed by atoms with Crippen LogP contribution in [-0.2, 0) is 23.8 Å². The first kappa shape index (κ1) is 13.3. The molecule has 1 spiro atoms. The van der Waals surface area contributed by atoms with Gasteiger partial charge in [0.25, 0.3) is 0 Å². The molecule has 5 nitrogen and oxygen atoms in total. The Kier molecular flexibility index (Phi) is 3.90. The molecule has 2 rings (SSSR count). The van der Waals surface area contributed by atoms with Crippen LogP contribution < -0.4 is 0 Å². The Morgan fingerprint density at radius 3 is 2.44 bits per heavy atom. The van der Waals surface area contributed by atoms with Crippen molar-refractivity contribution in [3.63, 3.8) is 0 Å². The summed E-state index contributed by atoms with van der Waals surface area (Å²) in [6.45, 7) is 0.538. The van der Waals surface area contributed by atoms with E-state index in [9.17, 15) is 9.59 Å². The topological polar surface area (TPSA) is 61.8 Å². The fourth-order valence-corrected chi connectivity index (χ4v) is 2.60. The van der Waals surface area contributed by atoms with E-state index in [1.54, 1.807) is 0 Å². The smallest absolute Gasteiger partial charge is 0.309 e. The second-order valence-electron chi connectivity index (χ2n) is 5.20. The number of esters is 2. The molecule has 18 heavy (non-hydrogen) atoms. The number of ether oxygens (including phenoxy) is 3. The quantitative estimate of drug-likeness (QED) is 0.709. The minimum absolute atomic E-state index is 0.0581. The molecule has 0 aromatic carbocycles. The summed E-state index contributed by atoms with van der Waals surface area (Å²) in [5, 5.41) is 0. The van der Waals surface area contributed by atoms with Crippen molar-refractivity contribution in [2.24, 2.45) is 11.8 Å². The van der Waals surface area contributed by atoms with Gasteiger partial charge in [-0.05, 0) is 31.6 Å². The normalized spacial score (nSPS) is 26.4. The molecule has 5 heteroatoms. The molecular weight excluding hydrogens is 236 g/mol. The summed E-state index contributed by atoms with van der Waals surface area (Å²) >= 11 is 0. The van der Waals surface area contributed by atoms with Crippen molar-refractivity contribution in [1.29, 1.82) is 0 Å². The lowest BCUT2D eigenvalue weighted by Gasteiger charge is -2.32. The summed E-state index contributed by atoms with van der Waals surface area (Å²) in [5.41, 5.74) is 0.0996. The van der Waals surface area contributed by atoms with Gasteiger partial charge in [0.1, 0.15) is 0 Å². The lowest BCUT2D eigenvalue weighted by Crippen LogP contribution is -2.36. The number of carbonyl (C=O) groups excluding carboxylic acids is 2. The van der Waals surface area contributed by atoms with Gasteiger partial charge in [-0.3, -0.25) is 9.59 Å². The summed E-state index contributed by atoms with van der Waals surface area (Å²) in [7, 11) is 2.67. The van der Waals surface area contributed by atoms with Gasteiger partial charge in [-0.15, -0.1) is 0 Å². The van der Waals surface area contributed by atoms with Gasteiger partial charge in [0, 0.05) is 0 Å². The highest BCUT2D eigenvalue weighted by atomic mass is 16.5. The second-order valence-corrected chi connectivity index (χ2v) is 5.20. The van der Waals surface area contributed by atoms with E-state index in [1.165, 1.54) is 14.2 Å². The fraction of sp³-hybridized carbons (Fsp3) is 0.846. The Labute approximate surface area is 107 Å². The van der Waals surface area contributed by atoms with E-state index in [0.29, 0.717) is 6.61 Å². The van der Waals surface area contributed by atoms with Gasteiger partial charge in [0.05, 0.1) is 38.8 Å². The number of carbonyl (C=O) groups is 2. The molecule has 1 aliphatic carbocycles. The van der Waals surface area contributed by atoms with Crippen molar-refractivity contribution in [2.45, 2.75) is 37.7 Å². The number of hydrogen-bond acceptors (Lipinski definition) is 5. The molecule has 2 fully saturated rings. The van der Waals surface area contributed by atoms with Crippen LogP contribution in [0.3, 0.4) is 0 Å². The Bertz CT molecular complexity index is 324. The molecule has 2 aliphatic rings. The highest BCUT2D eigenvalue weighted by Crippen LogP contribution is 2.48. The van der Waals surface area contributed by atoms with Gasteiger partial charge in [-0.1, -0.05) is 0 Å². The standard InChI is InChI=1S/C13H20O5/c1-16-11(14)7-10(12(15)17-2)9-3-4-13(5-6-13)18-8-9/h9-10H,3-8H2,1-2H3. The van der Waals surface area contributed by atoms with Crippen molar-refractivity contribution < 1.29 is 23.8 Å². The van der Waals surface area contributed by atoms with Gasteiger partial charge in [0.15, 0.2) is 0 Å². The Hall–Kier alpha value is -1.10. The van der Waals surface area contributed by atoms with E-state index in [0.717, 1.165) is 25.7 Å². The zero-order valence-electron chi connectivity index (χ0n) is 10.9. The minimum Gasteiger partial charge on any atom is -0.469 e. The summed E-state index contributed by atoms with van der Waals surface area (Å²) in [6.07, 6.45) is 4.21. The van der Waals surface area contributed by atoms with Crippen molar-refractivity contribution in [2.75, 3.05) is 20.8 Å². The molecule has 1 aliphatic heterocycles. The Morgan fingerprint density at radius 2 is 2.00 bits per heavy atom.